The normalized spacial score (nSPS) is 22.1. The van der Waals surface area contributed by atoms with Gasteiger partial charge in [0.15, 0.2) is 11.4 Å². The molecule has 6 aromatic rings. The van der Waals surface area contributed by atoms with E-state index < -0.39 is 0 Å². The first-order valence-electron chi connectivity index (χ1n) is 27.5. The molecule has 4 heteroatoms. The molecule has 0 aliphatic carbocycles. The molecule has 74 heavy (non-hydrogen) atoms. The fourth-order valence-corrected chi connectivity index (χ4v) is 14.4. The van der Waals surface area contributed by atoms with Gasteiger partial charge in [-0.2, -0.15) is 9.15 Å². The maximum atomic E-state index is 4.54. The van der Waals surface area contributed by atoms with Crippen LogP contribution in [0.4, 0.5) is 22.7 Å². The number of allylic oxidation sites excluding steroid dienone is 10. The van der Waals surface area contributed by atoms with Gasteiger partial charge < -0.3 is 9.80 Å². The van der Waals surface area contributed by atoms with Crippen molar-refractivity contribution >= 4 is 55.7 Å². The zero-order valence-electron chi connectivity index (χ0n) is 46.9. The summed E-state index contributed by atoms with van der Waals surface area (Å²) in [6, 6.07) is 41.4. The van der Waals surface area contributed by atoms with E-state index in [1.165, 1.54) is 112 Å². The van der Waals surface area contributed by atoms with E-state index in [4.69, 9.17) is 0 Å². The fraction of sp³-hybridized carbons (Fsp3) is 0.343. The highest BCUT2D eigenvalue weighted by molar-refractivity contribution is 6.10. The van der Waals surface area contributed by atoms with Crippen molar-refractivity contribution < 1.29 is 9.15 Å². The van der Waals surface area contributed by atoms with E-state index in [2.05, 4.69) is 268 Å². The monoisotopic (exact) mass is 977 g/mol. The lowest BCUT2D eigenvalue weighted by Gasteiger charge is -2.27. The molecule has 10 rings (SSSR count). The van der Waals surface area contributed by atoms with Crippen molar-refractivity contribution in [2.45, 2.75) is 129 Å². The molecular weight excluding hydrogens is 897 g/mol. The fourth-order valence-electron chi connectivity index (χ4n) is 14.4. The third kappa shape index (κ3) is 7.84. The highest BCUT2D eigenvalue weighted by Gasteiger charge is 2.50. The minimum Gasteiger partial charge on any atom is -0.344 e. The highest BCUT2D eigenvalue weighted by atomic mass is 15.2. The number of anilines is 2. The van der Waals surface area contributed by atoms with Crippen molar-refractivity contribution in [3.05, 3.63) is 215 Å². The van der Waals surface area contributed by atoms with Gasteiger partial charge in [0, 0.05) is 88.0 Å². The molecule has 0 saturated carbocycles. The molecule has 0 amide bonds. The van der Waals surface area contributed by atoms with E-state index in [1.54, 1.807) is 0 Å². The van der Waals surface area contributed by atoms with Crippen molar-refractivity contribution in [3.8, 4) is 0 Å². The van der Waals surface area contributed by atoms with Gasteiger partial charge in [-0.25, -0.2) is 0 Å². The molecule has 2 unspecified atom stereocenters. The van der Waals surface area contributed by atoms with Crippen LogP contribution < -0.4 is 9.80 Å². The van der Waals surface area contributed by atoms with Gasteiger partial charge in [0.25, 0.3) is 0 Å². The van der Waals surface area contributed by atoms with E-state index >= 15 is 0 Å². The Morgan fingerprint density at radius 1 is 0.541 bits per heavy atom. The van der Waals surface area contributed by atoms with Gasteiger partial charge in [0.2, 0.25) is 11.4 Å². The number of hydrogen-bond donors (Lipinski definition) is 0. The van der Waals surface area contributed by atoms with Crippen molar-refractivity contribution in [1.82, 2.24) is 0 Å². The first-order chi connectivity index (χ1) is 35.3. The predicted octanol–water partition coefficient (Wildman–Crippen LogP) is 17.3. The standard InChI is InChI=1S/C70H80N4/c1-16-40-73-57-34-24-22-32-55(57)67(8,9)61(73)36-26-38-63-69(12,44-46(3)4)65-51-30-20-18-28-49(51)53(42-59(65)71(63)14)48(7)54-43-60-66(52-31-21-19-29-50(52)54)70(13,45-47(5)6)64(72(60)15)39-27-37-62-68(10,11)56-33-23-25-35-58(56)74(62)41-17-2/h18-39,42-43,48H,3,5,16-17,40-41,44-45H2,1-2,4,6-15H3/q+2. The lowest BCUT2D eigenvalue weighted by molar-refractivity contribution is -0.401. The predicted molar refractivity (Wildman–Crippen MR) is 319 cm³/mol. The second-order valence-electron chi connectivity index (χ2n) is 23.8. The lowest BCUT2D eigenvalue weighted by Crippen LogP contribution is -2.31. The molecule has 0 N–H and O–H groups in total. The Hall–Kier alpha value is -6.78. The van der Waals surface area contributed by atoms with Crippen LogP contribution in [-0.2, 0) is 21.7 Å². The Morgan fingerprint density at radius 2 is 0.892 bits per heavy atom. The summed E-state index contributed by atoms with van der Waals surface area (Å²) in [4.78, 5) is 5.08. The Bertz CT molecular complexity index is 3280. The molecule has 378 valence electrons. The summed E-state index contributed by atoms with van der Waals surface area (Å²) >= 11 is 0. The maximum Gasteiger partial charge on any atom is 0.210 e. The quantitative estimate of drug-likeness (QED) is 0.0797. The third-order valence-electron chi connectivity index (χ3n) is 17.5. The molecular formula is C70H80N4+2. The van der Waals surface area contributed by atoms with Crippen molar-refractivity contribution in [2.24, 2.45) is 0 Å². The molecule has 0 fully saturated rings. The van der Waals surface area contributed by atoms with Gasteiger partial charge in [-0.15, -0.1) is 13.2 Å². The van der Waals surface area contributed by atoms with Gasteiger partial charge in [0.1, 0.15) is 14.1 Å². The summed E-state index contributed by atoms with van der Waals surface area (Å²) in [5.74, 6) is 0.0854. The second kappa shape index (κ2) is 18.9. The molecule has 0 aromatic heterocycles. The van der Waals surface area contributed by atoms with Crippen LogP contribution in [0, 0.1) is 0 Å². The van der Waals surface area contributed by atoms with Crippen LogP contribution in [0.1, 0.15) is 141 Å². The van der Waals surface area contributed by atoms with Crippen LogP contribution in [0.5, 0.6) is 0 Å². The average molecular weight is 977 g/mol. The van der Waals surface area contributed by atoms with E-state index in [-0.39, 0.29) is 27.6 Å². The van der Waals surface area contributed by atoms with Crippen molar-refractivity contribution in [2.75, 3.05) is 37.0 Å². The summed E-state index contributed by atoms with van der Waals surface area (Å²) in [6.45, 7) is 36.8. The smallest absolute Gasteiger partial charge is 0.210 e. The Kier molecular flexibility index (Phi) is 12.9. The van der Waals surface area contributed by atoms with E-state index in [0.717, 1.165) is 38.8 Å². The number of nitrogens with zero attached hydrogens (tertiary/aromatic N) is 4. The largest absolute Gasteiger partial charge is 0.344 e. The summed E-state index contributed by atoms with van der Waals surface area (Å²) in [5, 5.41) is 5.28. The molecule has 0 spiro atoms. The molecule has 6 aromatic carbocycles. The van der Waals surface area contributed by atoms with Crippen molar-refractivity contribution in [1.29, 1.82) is 0 Å². The Labute approximate surface area is 443 Å². The topological polar surface area (TPSA) is 12.5 Å². The summed E-state index contributed by atoms with van der Waals surface area (Å²) in [7, 11) is 4.57. The molecule has 4 aliphatic heterocycles. The minimum absolute atomic E-state index is 0.0854. The molecule has 2 atom stereocenters. The molecule has 4 nitrogen and oxygen atoms in total. The van der Waals surface area contributed by atoms with Gasteiger partial charge in [-0.3, -0.25) is 0 Å². The number of rotatable bonds is 14. The second-order valence-corrected chi connectivity index (χ2v) is 23.8. The van der Waals surface area contributed by atoms with Gasteiger partial charge in [-0.1, -0.05) is 157 Å². The lowest BCUT2D eigenvalue weighted by atomic mass is 9.71. The van der Waals surface area contributed by atoms with Crippen LogP contribution >= 0.6 is 0 Å². The number of benzene rings is 6. The van der Waals surface area contributed by atoms with Crippen LogP contribution in [-0.4, -0.2) is 47.8 Å². The van der Waals surface area contributed by atoms with Crippen molar-refractivity contribution in [3.63, 3.8) is 0 Å². The summed E-state index contributed by atoms with van der Waals surface area (Å²) in [6.07, 6.45) is 18.1. The van der Waals surface area contributed by atoms with Gasteiger partial charge >= 0.3 is 0 Å². The molecule has 0 saturated heterocycles. The first kappa shape index (κ1) is 50.7. The van der Waals surface area contributed by atoms with Gasteiger partial charge in [0.05, 0.1) is 10.8 Å². The zero-order valence-corrected chi connectivity index (χ0v) is 46.9. The third-order valence-corrected chi connectivity index (χ3v) is 17.5. The van der Waals surface area contributed by atoms with E-state index in [1.807, 2.05) is 0 Å². The molecule has 4 heterocycles. The Morgan fingerprint density at radius 3 is 1.26 bits per heavy atom. The average Bonchev–Trinajstić information content (AvgIpc) is 3.92. The van der Waals surface area contributed by atoms with E-state index in [0.29, 0.717) is 0 Å². The summed E-state index contributed by atoms with van der Waals surface area (Å²) < 4.78 is 4.98. The Balaban J connectivity index is 1.10. The van der Waals surface area contributed by atoms with E-state index in [9.17, 15) is 0 Å². The summed E-state index contributed by atoms with van der Waals surface area (Å²) in [5.41, 5.74) is 20.4. The first-order valence-corrected chi connectivity index (χ1v) is 27.5. The molecule has 4 aliphatic rings. The van der Waals surface area contributed by atoms with Crippen LogP contribution in [0.25, 0.3) is 21.5 Å². The SMILES string of the molecule is C=C(C)CC1(C)C(/C=C/C=C2/N(CCC)c3ccccc3C2(C)C)=[N+](C)c2cc(C(C)c3cc4c(c5ccccc35)C(C)(CC(=C)C)C(/C=C/C=C3/N(CCC)c5ccccc5C3(C)C)=[N+]4C)c3ccccc3c21. The minimum atomic E-state index is -0.290. The number of para-hydroxylation sites is 2. The number of fused-ring (bicyclic) bond motifs is 8. The molecule has 0 radical (unpaired) electrons. The van der Waals surface area contributed by atoms with Crippen LogP contribution in [0.3, 0.4) is 0 Å². The van der Waals surface area contributed by atoms with Crippen LogP contribution in [0.15, 0.2) is 181 Å². The van der Waals surface area contributed by atoms with Gasteiger partial charge in [-0.05, 0) is 121 Å². The molecule has 0 bridgehead atoms. The van der Waals surface area contributed by atoms with Crippen LogP contribution in [0.2, 0.25) is 0 Å². The number of hydrogen-bond acceptors (Lipinski definition) is 2. The highest BCUT2D eigenvalue weighted by Crippen LogP contribution is 2.54. The maximum absolute atomic E-state index is 4.54. The zero-order chi connectivity index (χ0) is 52.6.